The molecule has 1 heterocycles. The van der Waals surface area contributed by atoms with Gasteiger partial charge < -0.3 is 14.4 Å². The molecule has 26 heavy (non-hydrogen) atoms. The molecule has 0 saturated heterocycles. The molecule has 0 unspecified atom stereocenters. The van der Waals surface area contributed by atoms with Crippen molar-refractivity contribution < 1.29 is 18.7 Å². The highest BCUT2D eigenvalue weighted by Gasteiger charge is 2.15. The van der Waals surface area contributed by atoms with Gasteiger partial charge in [0.1, 0.15) is 11.4 Å². The van der Waals surface area contributed by atoms with Crippen LogP contribution in [-0.2, 0) is 6.54 Å². The number of hydrogen-bond donors (Lipinski definition) is 0. The summed E-state index contributed by atoms with van der Waals surface area (Å²) < 4.78 is 23.9. The van der Waals surface area contributed by atoms with E-state index < -0.39 is 5.82 Å². The molecule has 3 aromatic rings. The summed E-state index contributed by atoms with van der Waals surface area (Å²) in [5.74, 6) is 0.217. The van der Waals surface area contributed by atoms with E-state index in [1.165, 1.54) is 18.1 Å². The van der Waals surface area contributed by atoms with Crippen molar-refractivity contribution in [1.82, 2.24) is 9.88 Å². The lowest BCUT2D eigenvalue weighted by Crippen LogP contribution is -2.27. The lowest BCUT2D eigenvalue weighted by Gasteiger charge is -2.17. The predicted molar refractivity (Wildman–Crippen MR) is 97.0 cm³/mol. The highest BCUT2D eigenvalue weighted by Crippen LogP contribution is 2.21. The zero-order valence-electron chi connectivity index (χ0n) is 14.8. The molecule has 0 bridgehead atoms. The lowest BCUT2D eigenvalue weighted by atomic mass is 10.1. The molecule has 2 aromatic carbocycles. The normalized spacial score (nSPS) is 10.6. The molecule has 0 fully saturated rings. The number of hydrogen-bond acceptors (Lipinski definition) is 4. The number of carbonyl (C=O) groups excluding carboxylic acids is 1. The number of fused-ring (bicyclic) bond motifs is 1. The maximum absolute atomic E-state index is 13.8. The number of halogens is 1. The molecule has 5 nitrogen and oxygen atoms in total. The van der Waals surface area contributed by atoms with E-state index in [4.69, 9.17) is 9.47 Å². The Hall–Kier alpha value is -3.15. The third-order valence-electron chi connectivity index (χ3n) is 4.10. The first kappa shape index (κ1) is 17.7. The molecule has 0 saturated carbocycles. The Morgan fingerprint density at radius 2 is 1.88 bits per heavy atom. The van der Waals surface area contributed by atoms with E-state index in [-0.39, 0.29) is 18.2 Å². The number of aromatic nitrogens is 1. The summed E-state index contributed by atoms with van der Waals surface area (Å²) in [4.78, 5) is 18.6. The average Bonchev–Trinajstić information content (AvgIpc) is 2.66. The molecule has 134 valence electrons. The Labute approximate surface area is 151 Å². The van der Waals surface area contributed by atoms with E-state index >= 15 is 0 Å². The Morgan fingerprint density at radius 1 is 1.08 bits per heavy atom. The predicted octanol–water partition coefficient (Wildman–Crippen LogP) is 3.66. The number of nitrogens with zero attached hydrogens (tertiary/aromatic N) is 2. The minimum atomic E-state index is -0.455. The Balaban J connectivity index is 1.79. The largest absolute Gasteiger partial charge is 0.497 e. The van der Waals surface area contributed by atoms with Gasteiger partial charge in [0.15, 0.2) is 11.6 Å². The minimum absolute atomic E-state index is 0.175. The van der Waals surface area contributed by atoms with Gasteiger partial charge in [0.05, 0.1) is 19.7 Å². The second kappa shape index (κ2) is 7.39. The quantitative estimate of drug-likeness (QED) is 0.702. The SMILES string of the molecule is COc1ccc2nc(C(=O)N(C)Cc3ccc(OC)c(F)c3)ccc2c1. The third-order valence-corrected chi connectivity index (χ3v) is 4.10. The van der Waals surface area contributed by atoms with Gasteiger partial charge in [-0.3, -0.25) is 4.79 Å². The molecule has 1 amide bonds. The van der Waals surface area contributed by atoms with Gasteiger partial charge in [-0.15, -0.1) is 0 Å². The van der Waals surface area contributed by atoms with Crippen LogP contribution >= 0.6 is 0 Å². The van der Waals surface area contributed by atoms with Crippen molar-refractivity contribution in [3.8, 4) is 11.5 Å². The second-order valence-electron chi connectivity index (χ2n) is 5.89. The first-order chi connectivity index (χ1) is 12.5. The van der Waals surface area contributed by atoms with E-state index in [0.717, 1.165) is 11.1 Å². The number of amides is 1. The van der Waals surface area contributed by atoms with Gasteiger partial charge in [-0.05, 0) is 42.0 Å². The molecule has 0 spiro atoms. The van der Waals surface area contributed by atoms with Gasteiger partial charge in [0.2, 0.25) is 0 Å². The molecular formula is C20H19FN2O3. The first-order valence-electron chi connectivity index (χ1n) is 8.04. The summed E-state index contributed by atoms with van der Waals surface area (Å²) in [6.45, 7) is 0.266. The molecule has 6 heteroatoms. The highest BCUT2D eigenvalue weighted by atomic mass is 19.1. The van der Waals surface area contributed by atoms with Crippen molar-refractivity contribution in [1.29, 1.82) is 0 Å². The molecule has 0 aliphatic rings. The third kappa shape index (κ3) is 3.59. The van der Waals surface area contributed by atoms with Crippen molar-refractivity contribution in [2.24, 2.45) is 0 Å². The summed E-state index contributed by atoms with van der Waals surface area (Å²) in [5.41, 5.74) is 1.71. The monoisotopic (exact) mass is 354 g/mol. The van der Waals surface area contributed by atoms with Crippen LogP contribution in [0, 0.1) is 5.82 Å². The van der Waals surface area contributed by atoms with Crippen molar-refractivity contribution in [2.45, 2.75) is 6.54 Å². The van der Waals surface area contributed by atoms with E-state index in [0.29, 0.717) is 16.8 Å². The van der Waals surface area contributed by atoms with Crippen molar-refractivity contribution in [2.75, 3.05) is 21.3 Å². The fourth-order valence-electron chi connectivity index (χ4n) is 2.70. The van der Waals surface area contributed by atoms with Crippen LogP contribution in [-0.4, -0.2) is 37.1 Å². The van der Waals surface area contributed by atoms with Gasteiger partial charge in [0, 0.05) is 19.0 Å². The van der Waals surface area contributed by atoms with E-state index in [9.17, 15) is 9.18 Å². The van der Waals surface area contributed by atoms with E-state index in [2.05, 4.69) is 4.98 Å². The number of carbonyl (C=O) groups is 1. The summed E-state index contributed by atoms with van der Waals surface area (Å²) in [6, 6.07) is 13.6. The molecule has 0 aliphatic heterocycles. The molecule has 0 radical (unpaired) electrons. The van der Waals surface area contributed by atoms with Gasteiger partial charge in [-0.1, -0.05) is 12.1 Å². The van der Waals surface area contributed by atoms with Gasteiger partial charge in [0.25, 0.3) is 5.91 Å². The summed E-state index contributed by atoms with van der Waals surface area (Å²) in [7, 11) is 4.67. The molecule has 1 aromatic heterocycles. The van der Waals surface area contributed by atoms with E-state index in [1.54, 1.807) is 38.4 Å². The number of ether oxygens (including phenoxy) is 2. The Kier molecular flexibility index (Phi) is 5.02. The van der Waals surface area contributed by atoms with Crippen LogP contribution in [0.25, 0.3) is 10.9 Å². The zero-order valence-corrected chi connectivity index (χ0v) is 14.8. The molecular weight excluding hydrogens is 335 g/mol. The summed E-state index contributed by atoms with van der Waals surface area (Å²) >= 11 is 0. The molecule has 0 aliphatic carbocycles. The topological polar surface area (TPSA) is 51.7 Å². The zero-order chi connectivity index (χ0) is 18.7. The van der Waals surface area contributed by atoms with Crippen LogP contribution in [0.2, 0.25) is 0 Å². The number of rotatable bonds is 5. The Morgan fingerprint density at radius 3 is 2.58 bits per heavy atom. The van der Waals surface area contributed by atoms with Crippen molar-refractivity contribution >= 4 is 16.8 Å². The van der Waals surface area contributed by atoms with E-state index in [1.807, 2.05) is 18.2 Å². The smallest absolute Gasteiger partial charge is 0.272 e. The van der Waals surface area contributed by atoms with Crippen molar-refractivity contribution in [3.05, 3.63) is 65.6 Å². The fraction of sp³-hybridized carbons (Fsp3) is 0.200. The Bertz CT molecular complexity index is 959. The first-order valence-corrected chi connectivity index (χ1v) is 8.04. The van der Waals surface area contributed by atoms with Gasteiger partial charge in [-0.25, -0.2) is 9.37 Å². The van der Waals surface area contributed by atoms with Crippen LogP contribution in [0.4, 0.5) is 4.39 Å². The van der Waals surface area contributed by atoms with Crippen LogP contribution in [0.15, 0.2) is 48.5 Å². The fourth-order valence-corrected chi connectivity index (χ4v) is 2.70. The van der Waals surface area contributed by atoms with Crippen molar-refractivity contribution in [3.63, 3.8) is 0 Å². The minimum Gasteiger partial charge on any atom is -0.497 e. The summed E-state index contributed by atoms with van der Waals surface area (Å²) in [5, 5.41) is 0.890. The maximum Gasteiger partial charge on any atom is 0.272 e. The van der Waals surface area contributed by atoms with Crippen LogP contribution < -0.4 is 9.47 Å². The number of pyridine rings is 1. The number of benzene rings is 2. The summed E-state index contributed by atoms with van der Waals surface area (Å²) in [6.07, 6.45) is 0. The molecule has 3 rings (SSSR count). The molecule has 0 atom stereocenters. The highest BCUT2D eigenvalue weighted by molar-refractivity contribution is 5.94. The average molecular weight is 354 g/mol. The van der Waals surface area contributed by atoms with Crippen LogP contribution in [0.5, 0.6) is 11.5 Å². The maximum atomic E-state index is 13.8. The molecule has 0 N–H and O–H groups in total. The second-order valence-corrected chi connectivity index (χ2v) is 5.89. The number of methoxy groups -OCH3 is 2. The van der Waals surface area contributed by atoms with Gasteiger partial charge in [-0.2, -0.15) is 0 Å². The standard InChI is InChI=1S/C20H19FN2O3/c1-23(12-13-4-9-19(26-3)16(21)10-13)20(24)18-7-5-14-11-15(25-2)6-8-17(14)22-18/h4-11H,12H2,1-3H3. The van der Waals surface area contributed by atoms with Gasteiger partial charge >= 0.3 is 0 Å². The van der Waals surface area contributed by atoms with Crippen LogP contribution in [0.3, 0.4) is 0 Å². The lowest BCUT2D eigenvalue weighted by molar-refractivity contribution is 0.0779. The van der Waals surface area contributed by atoms with Crippen LogP contribution in [0.1, 0.15) is 16.1 Å².